The van der Waals surface area contributed by atoms with Gasteiger partial charge in [-0.15, -0.1) is 0 Å². The van der Waals surface area contributed by atoms with E-state index in [9.17, 15) is 13.2 Å². The highest BCUT2D eigenvalue weighted by Gasteiger charge is 2.15. The topological polar surface area (TPSA) is 99.1 Å². The first-order chi connectivity index (χ1) is 11.8. The number of rotatable bonds is 6. The van der Waals surface area contributed by atoms with Crippen LogP contribution < -0.4 is 10.0 Å². The van der Waals surface area contributed by atoms with Gasteiger partial charge in [0.2, 0.25) is 10.0 Å². The summed E-state index contributed by atoms with van der Waals surface area (Å²) in [6.45, 7) is 0.0239. The fourth-order valence-electron chi connectivity index (χ4n) is 1.90. The first-order valence-corrected chi connectivity index (χ1v) is 9.30. The molecule has 2 rings (SSSR count). The molecule has 6 nitrogen and oxygen atoms in total. The number of amides is 1. The van der Waals surface area contributed by atoms with Crippen LogP contribution >= 0.6 is 23.2 Å². The van der Waals surface area contributed by atoms with Gasteiger partial charge in [0.25, 0.3) is 5.91 Å². The second-order valence-corrected chi connectivity index (χ2v) is 7.52. The quantitative estimate of drug-likeness (QED) is 0.729. The highest BCUT2D eigenvalue weighted by Crippen LogP contribution is 2.25. The van der Waals surface area contributed by atoms with E-state index in [1.807, 2.05) is 6.07 Å². The van der Waals surface area contributed by atoms with E-state index < -0.39 is 15.9 Å². The largest absolute Gasteiger partial charge is 0.321 e. The molecule has 0 aliphatic rings. The maximum Gasteiger partial charge on any atom is 0.255 e. The van der Waals surface area contributed by atoms with Crippen molar-refractivity contribution >= 4 is 44.8 Å². The summed E-state index contributed by atoms with van der Waals surface area (Å²) in [6.07, 6.45) is 0.0710. The Morgan fingerprint density at radius 3 is 2.40 bits per heavy atom. The highest BCUT2D eigenvalue weighted by molar-refractivity contribution is 7.89. The Morgan fingerprint density at radius 1 is 1.12 bits per heavy atom. The van der Waals surface area contributed by atoms with Crippen molar-refractivity contribution in [3.05, 3.63) is 58.1 Å². The fourth-order valence-corrected chi connectivity index (χ4v) is 3.38. The lowest BCUT2D eigenvalue weighted by Crippen LogP contribution is -2.24. The third-order valence-corrected chi connectivity index (χ3v) is 5.16. The minimum Gasteiger partial charge on any atom is -0.321 e. The summed E-state index contributed by atoms with van der Waals surface area (Å²) in [5.41, 5.74) is 0.660. The third-order valence-electron chi connectivity index (χ3n) is 3.14. The van der Waals surface area contributed by atoms with Crippen molar-refractivity contribution in [3.8, 4) is 6.07 Å². The van der Waals surface area contributed by atoms with Gasteiger partial charge in [-0.05, 0) is 42.5 Å². The monoisotopic (exact) mass is 397 g/mol. The van der Waals surface area contributed by atoms with Crippen LogP contribution in [0.4, 0.5) is 5.69 Å². The first kappa shape index (κ1) is 19.2. The van der Waals surface area contributed by atoms with Crippen LogP contribution in [-0.2, 0) is 10.0 Å². The Kier molecular flexibility index (Phi) is 6.39. The Morgan fingerprint density at radius 2 is 1.80 bits per heavy atom. The predicted octanol–water partition coefficient (Wildman–Crippen LogP) is 3.44. The summed E-state index contributed by atoms with van der Waals surface area (Å²) in [4.78, 5) is 12.2. The molecule has 0 atom stereocenters. The van der Waals surface area contributed by atoms with Crippen LogP contribution in [0.5, 0.6) is 0 Å². The van der Waals surface area contributed by atoms with Gasteiger partial charge in [-0.1, -0.05) is 23.2 Å². The van der Waals surface area contributed by atoms with Gasteiger partial charge in [-0.2, -0.15) is 5.26 Å². The van der Waals surface area contributed by atoms with Crippen LogP contribution in [0.15, 0.2) is 47.4 Å². The zero-order valence-corrected chi connectivity index (χ0v) is 15.1. The summed E-state index contributed by atoms with van der Waals surface area (Å²) < 4.78 is 26.3. The molecule has 130 valence electrons. The van der Waals surface area contributed by atoms with Gasteiger partial charge in [0, 0.05) is 23.6 Å². The van der Waals surface area contributed by atoms with E-state index in [-0.39, 0.29) is 23.4 Å². The number of anilines is 1. The summed E-state index contributed by atoms with van der Waals surface area (Å²) in [7, 11) is -3.71. The number of nitrogens with zero attached hydrogens (tertiary/aromatic N) is 1. The normalized spacial score (nSPS) is 10.9. The zero-order valence-electron chi connectivity index (χ0n) is 12.8. The van der Waals surface area contributed by atoms with E-state index in [1.165, 1.54) is 30.3 Å². The van der Waals surface area contributed by atoms with Gasteiger partial charge >= 0.3 is 0 Å². The molecule has 0 spiro atoms. The smallest absolute Gasteiger partial charge is 0.255 e. The van der Waals surface area contributed by atoms with E-state index in [0.29, 0.717) is 15.7 Å². The van der Waals surface area contributed by atoms with Crippen molar-refractivity contribution in [1.29, 1.82) is 5.26 Å². The molecule has 0 fully saturated rings. The number of carbonyl (C=O) groups excluding carboxylic acids is 1. The molecule has 0 unspecified atom stereocenters. The Labute approximate surface area is 155 Å². The Balaban J connectivity index is 2.11. The lowest BCUT2D eigenvalue weighted by molar-refractivity contribution is 0.102. The second kappa shape index (κ2) is 8.32. The standard InChI is InChI=1S/C16H13Cl2N3O3S/c17-12-4-7-15(14(18)10-12)21-16(22)11-2-5-13(6-3-11)25(23,24)20-9-1-8-19/h2-7,10,20H,1,9H2,(H,21,22). The average Bonchev–Trinajstić information content (AvgIpc) is 2.57. The number of nitrogens with one attached hydrogen (secondary N) is 2. The third kappa shape index (κ3) is 5.18. The molecule has 0 saturated heterocycles. The molecule has 2 aromatic rings. The van der Waals surface area contributed by atoms with E-state index in [2.05, 4.69) is 10.0 Å². The number of hydrogen-bond acceptors (Lipinski definition) is 4. The fraction of sp³-hybridized carbons (Fsp3) is 0.125. The molecule has 0 heterocycles. The van der Waals surface area contributed by atoms with Crippen LogP contribution in [0.2, 0.25) is 10.0 Å². The summed E-state index contributed by atoms with van der Waals surface area (Å²) >= 11 is 11.8. The molecule has 25 heavy (non-hydrogen) atoms. The number of halogens is 2. The molecule has 1 amide bonds. The van der Waals surface area contributed by atoms with E-state index in [1.54, 1.807) is 12.1 Å². The Bertz CT molecular complexity index is 923. The van der Waals surface area contributed by atoms with E-state index in [4.69, 9.17) is 28.5 Å². The maximum atomic E-state index is 12.2. The summed E-state index contributed by atoms with van der Waals surface area (Å²) in [5, 5.41) is 11.8. The molecular weight excluding hydrogens is 385 g/mol. The molecule has 2 N–H and O–H groups in total. The van der Waals surface area contributed by atoms with Crippen LogP contribution in [0.1, 0.15) is 16.8 Å². The first-order valence-electron chi connectivity index (χ1n) is 7.06. The number of nitriles is 1. The minimum atomic E-state index is -3.71. The molecule has 0 aliphatic heterocycles. The highest BCUT2D eigenvalue weighted by atomic mass is 35.5. The molecular formula is C16H13Cl2N3O3S. The molecule has 0 saturated carbocycles. The van der Waals surface area contributed by atoms with Crippen LogP contribution in [0.25, 0.3) is 0 Å². The summed E-state index contributed by atoms with van der Waals surface area (Å²) in [6, 6.07) is 11.9. The SMILES string of the molecule is N#CCCNS(=O)(=O)c1ccc(C(=O)Nc2ccc(Cl)cc2Cl)cc1. The molecule has 0 radical (unpaired) electrons. The van der Waals surface area contributed by atoms with E-state index >= 15 is 0 Å². The van der Waals surface area contributed by atoms with Crippen LogP contribution in [0.3, 0.4) is 0 Å². The van der Waals surface area contributed by atoms with Gasteiger partial charge in [0.1, 0.15) is 0 Å². The predicted molar refractivity (Wildman–Crippen MR) is 96.3 cm³/mol. The summed E-state index contributed by atoms with van der Waals surface area (Å²) in [5.74, 6) is -0.439. The van der Waals surface area contributed by atoms with Crippen molar-refractivity contribution < 1.29 is 13.2 Å². The molecule has 0 bridgehead atoms. The number of carbonyl (C=O) groups is 1. The van der Waals surface area contributed by atoms with Crippen LogP contribution in [-0.4, -0.2) is 20.9 Å². The second-order valence-electron chi connectivity index (χ2n) is 4.91. The van der Waals surface area contributed by atoms with Gasteiger partial charge in [-0.25, -0.2) is 13.1 Å². The average molecular weight is 398 g/mol. The van der Waals surface area contributed by atoms with Crippen molar-refractivity contribution in [2.24, 2.45) is 0 Å². The minimum absolute atomic E-state index is 0.00603. The van der Waals surface area contributed by atoms with Gasteiger partial charge in [0.15, 0.2) is 0 Å². The number of sulfonamides is 1. The molecule has 9 heteroatoms. The number of benzene rings is 2. The molecule has 0 aromatic heterocycles. The van der Waals surface area contributed by atoms with Gasteiger partial charge in [0.05, 0.1) is 21.7 Å². The van der Waals surface area contributed by atoms with Gasteiger partial charge in [-0.3, -0.25) is 4.79 Å². The van der Waals surface area contributed by atoms with Crippen LogP contribution in [0, 0.1) is 11.3 Å². The number of hydrogen-bond donors (Lipinski definition) is 2. The maximum absolute atomic E-state index is 12.2. The van der Waals surface area contributed by atoms with Gasteiger partial charge < -0.3 is 5.32 Å². The van der Waals surface area contributed by atoms with Crippen molar-refractivity contribution in [3.63, 3.8) is 0 Å². The molecule has 0 aliphatic carbocycles. The lowest BCUT2D eigenvalue weighted by Gasteiger charge is -2.09. The molecule has 2 aromatic carbocycles. The van der Waals surface area contributed by atoms with E-state index in [0.717, 1.165) is 0 Å². The lowest BCUT2D eigenvalue weighted by atomic mass is 10.2. The zero-order chi connectivity index (χ0) is 18.4. The van der Waals surface area contributed by atoms with Crippen molar-refractivity contribution in [1.82, 2.24) is 4.72 Å². The Hall–Kier alpha value is -2.11. The van der Waals surface area contributed by atoms with Crippen molar-refractivity contribution in [2.45, 2.75) is 11.3 Å². The van der Waals surface area contributed by atoms with Crippen molar-refractivity contribution in [2.75, 3.05) is 11.9 Å².